The lowest BCUT2D eigenvalue weighted by Gasteiger charge is -2.13. The molecule has 0 aliphatic carbocycles. The normalized spacial score (nSPS) is 11.6. The van der Waals surface area contributed by atoms with Crippen molar-refractivity contribution in [2.24, 2.45) is 0 Å². The van der Waals surface area contributed by atoms with Crippen molar-refractivity contribution in [3.63, 3.8) is 0 Å². The summed E-state index contributed by atoms with van der Waals surface area (Å²) >= 11 is 0. The quantitative estimate of drug-likeness (QED) is 0.368. The second kappa shape index (κ2) is 8.99. The lowest BCUT2D eigenvalue weighted by molar-refractivity contribution is -0.385. The van der Waals surface area contributed by atoms with Crippen LogP contribution in [0.4, 0.5) is 5.69 Å². The van der Waals surface area contributed by atoms with Gasteiger partial charge in [0.25, 0.3) is 5.91 Å². The molecule has 0 saturated carbocycles. The summed E-state index contributed by atoms with van der Waals surface area (Å²) in [5, 5.41) is 32.2. The SMILES string of the molecule is C.C[C@@H](NC(=O)/C(C#N)=C/c1ccc([N+](=O)[O-])c(O)c1)c1ccccc1. The number of nitrogens with one attached hydrogen (secondary N) is 1. The highest BCUT2D eigenvalue weighted by molar-refractivity contribution is 6.01. The number of nitriles is 1. The van der Waals surface area contributed by atoms with Crippen molar-refractivity contribution in [2.45, 2.75) is 20.4 Å². The minimum Gasteiger partial charge on any atom is -0.502 e. The molecule has 0 saturated heterocycles. The number of nitrogens with zero attached hydrogens (tertiary/aromatic N) is 2. The first kappa shape index (κ1) is 20.4. The van der Waals surface area contributed by atoms with Crippen LogP contribution in [0, 0.1) is 21.4 Å². The number of carbonyl (C=O) groups excluding carboxylic acids is 1. The lowest BCUT2D eigenvalue weighted by atomic mass is 10.1. The Kier molecular flexibility index (Phi) is 7.05. The number of hydrogen-bond donors (Lipinski definition) is 2. The summed E-state index contributed by atoms with van der Waals surface area (Å²) in [6, 6.07) is 14.4. The average molecular weight is 353 g/mol. The number of nitro benzene ring substituents is 1. The maximum Gasteiger partial charge on any atom is 0.310 e. The molecule has 1 amide bonds. The Bertz CT molecular complexity index is 870. The number of rotatable bonds is 5. The van der Waals surface area contributed by atoms with E-state index in [0.717, 1.165) is 17.7 Å². The zero-order valence-corrected chi connectivity index (χ0v) is 13.3. The largest absolute Gasteiger partial charge is 0.502 e. The topological polar surface area (TPSA) is 116 Å². The van der Waals surface area contributed by atoms with Crippen LogP contribution in [0.1, 0.15) is 31.5 Å². The van der Waals surface area contributed by atoms with Gasteiger partial charge in [0.2, 0.25) is 0 Å². The van der Waals surface area contributed by atoms with Gasteiger partial charge in [-0.25, -0.2) is 0 Å². The van der Waals surface area contributed by atoms with Crippen LogP contribution < -0.4 is 5.32 Å². The predicted molar refractivity (Wildman–Crippen MR) is 98.1 cm³/mol. The van der Waals surface area contributed by atoms with Crippen LogP contribution in [0.2, 0.25) is 0 Å². The maximum absolute atomic E-state index is 12.2. The summed E-state index contributed by atoms with van der Waals surface area (Å²) in [5.74, 6) is -1.11. The van der Waals surface area contributed by atoms with Gasteiger partial charge in [-0.15, -0.1) is 0 Å². The maximum atomic E-state index is 12.2. The molecular weight excluding hydrogens is 334 g/mol. The van der Waals surface area contributed by atoms with Crippen LogP contribution in [0.5, 0.6) is 5.75 Å². The van der Waals surface area contributed by atoms with Gasteiger partial charge in [-0.1, -0.05) is 37.8 Å². The van der Waals surface area contributed by atoms with Gasteiger partial charge < -0.3 is 10.4 Å². The van der Waals surface area contributed by atoms with Crippen molar-refractivity contribution in [1.29, 1.82) is 5.26 Å². The average Bonchev–Trinajstić information content (AvgIpc) is 2.60. The monoisotopic (exact) mass is 353 g/mol. The van der Waals surface area contributed by atoms with E-state index < -0.39 is 22.3 Å². The molecule has 2 aromatic rings. The van der Waals surface area contributed by atoms with Crippen molar-refractivity contribution in [3.05, 3.63) is 75.3 Å². The molecule has 26 heavy (non-hydrogen) atoms. The molecule has 0 fully saturated rings. The van der Waals surface area contributed by atoms with E-state index in [9.17, 15) is 25.3 Å². The van der Waals surface area contributed by atoms with Gasteiger partial charge >= 0.3 is 5.69 Å². The van der Waals surface area contributed by atoms with Crippen molar-refractivity contribution >= 4 is 17.7 Å². The molecule has 0 aliphatic rings. The molecule has 0 radical (unpaired) electrons. The van der Waals surface area contributed by atoms with Crippen molar-refractivity contribution in [2.75, 3.05) is 0 Å². The van der Waals surface area contributed by atoms with E-state index in [1.165, 1.54) is 12.1 Å². The number of benzene rings is 2. The molecule has 2 N–H and O–H groups in total. The summed E-state index contributed by atoms with van der Waals surface area (Å²) in [6.07, 6.45) is 1.26. The lowest BCUT2D eigenvalue weighted by Crippen LogP contribution is -2.27. The first-order chi connectivity index (χ1) is 11.9. The molecular formula is C19H19N3O4. The Balaban J connectivity index is 0.00000338. The van der Waals surface area contributed by atoms with Gasteiger partial charge in [-0.05, 0) is 36.3 Å². The zero-order valence-electron chi connectivity index (χ0n) is 13.3. The summed E-state index contributed by atoms with van der Waals surface area (Å²) in [6.45, 7) is 1.79. The first-order valence-electron chi connectivity index (χ1n) is 7.37. The highest BCUT2D eigenvalue weighted by Gasteiger charge is 2.16. The number of hydrogen-bond acceptors (Lipinski definition) is 5. The van der Waals surface area contributed by atoms with E-state index in [0.29, 0.717) is 5.56 Å². The summed E-state index contributed by atoms with van der Waals surface area (Å²) in [5.41, 5.74) is 0.581. The van der Waals surface area contributed by atoms with Crippen LogP contribution in [0.15, 0.2) is 54.1 Å². The molecule has 7 nitrogen and oxygen atoms in total. The third-order valence-electron chi connectivity index (χ3n) is 3.52. The van der Waals surface area contributed by atoms with Gasteiger partial charge in [0, 0.05) is 6.07 Å². The van der Waals surface area contributed by atoms with Crippen molar-refractivity contribution in [1.82, 2.24) is 5.32 Å². The summed E-state index contributed by atoms with van der Waals surface area (Å²) in [7, 11) is 0. The molecule has 7 heteroatoms. The fraction of sp³-hybridized carbons (Fsp3) is 0.158. The van der Waals surface area contributed by atoms with E-state index in [1.807, 2.05) is 30.3 Å². The molecule has 1 atom stereocenters. The minimum absolute atomic E-state index is 0. The van der Waals surface area contributed by atoms with Crippen LogP contribution in [-0.2, 0) is 4.79 Å². The smallest absolute Gasteiger partial charge is 0.310 e. The van der Waals surface area contributed by atoms with Gasteiger partial charge in [-0.3, -0.25) is 14.9 Å². The van der Waals surface area contributed by atoms with Gasteiger partial charge in [0.15, 0.2) is 5.75 Å². The molecule has 0 aromatic heterocycles. The van der Waals surface area contributed by atoms with E-state index in [-0.39, 0.29) is 19.0 Å². The Hall–Kier alpha value is -3.66. The standard InChI is InChI=1S/C18H15N3O4.CH4/c1-12(14-5-3-2-4-6-14)20-18(23)15(11-19)9-13-7-8-16(21(24)25)17(22)10-13;/h2-10,12,22H,1H3,(H,20,23);1H4/b15-9+;/t12-;/m1./s1. The third kappa shape index (κ3) is 4.92. The molecule has 0 spiro atoms. The van der Waals surface area contributed by atoms with Gasteiger partial charge in [0.1, 0.15) is 11.6 Å². The molecule has 2 rings (SSSR count). The highest BCUT2D eigenvalue weighted by atomic mass is 16.6. The van der Waals surface area contributed by atoms with E-state index in [4.69, 9.17) is 0 Å². The van der Waals surface area contributed by atoms with Crippen LogP contribution >= 0.6 is 0 Å². The van der Waals surface area contributed by atoms with E-state index in [2.05, 4.69) is 5.32 Å². The summed E-state index contributed by atoms with van der Waals surface area (Å²) < 4.78 is 0. The Morgan fingerprint density at radius 1 is 1.31 bits per heavy atom. The van der Waals surface area contributed by atoms with Gasteiger partial charge in [-0.2, -0.15) is 5.26 Å². The Labute approximate surface area is 151 Å². The fourth-order valence-electron chi connectivity index (χ4n) is 2.20. The van der Waals surface area contributed by atoms with Crippen LogP contribution in [-0.4, -0.2) is 15.9 Å². The third-order valence-corrected chi connectivity index (χ3v) is 3.52. The number of carbonyl (C=O) groups is 1. The number of phenolic OH excluding ortho intramolecular Hbond substituents is 1. The Morgan fingerprint density at radius 3 is 2.50 bits per heavy atom. The predicted octanol–water partition coefficient (Wildman–Crippen LogP) is 3.72. The van der Waals surface area contributed by atoms with Crippen molar-refractivity contribution < 1.29 is 14.8 Å². The van der Waals surface area contributed by atoms with Crippen molar-refractivity contribution in [3.8, 4) is 11.8 Å². The molecule has 0 aliphatic heterocycles. The van der Waals surface area contributed by atoms with Gasteiger partial charge in [0.05, 0.1) is 11.0 Å². The number of aromatic hydroxyl groups is 1. The first-order valence-corrected chi connectivity index (χ1v) is 7.37. The van der Waals surface area contributed by atoms with E-state index >= 15 is 0 Å². The zero-order chi connectivity index (χ0) is 18.4. The molecule has 2 aromatic carbocycles. The number of phenols is 1. The Morgan fingerprint density at radius 2 is 1.96 bits per heavy atom. The second-order valence-corrected chi connectivity index (χ2v) is 5.28. The molecule has 0 heterocycles. The number of amides is 1. The minimum atomic E-state index is -0.720. The van der Waals surface area contributed by atoms with Crippen LogP contribution in [0.25, 0.3) is 6.08 Å². The van der Waals surface area contributed by atoms with E-state index in [1.54, 1.807) is 13.0 Å². The second-order valence-electron chi connectivity index (χ2n) is 5.28. The summed E-state index contributed by atoms with van der Waals surface area (Å²) in [4.78, 5) is 22.2. The molecule has 134 valence electrons. The number of nitro groups is 1. The molecule has 0 bridgehead atoms. The molecule has 0 unspecified atom stereocenters. The fourth-order valence-corrected chi connectivity index (χ4v) is 2.20. The van der Waals surface area contributed by atoms with Crippen LogP contribution in [0.3, 0.4) is 0 Å². The highest BCUT2D eigenvalue weighted by Crippen LogP contribution is 2.27.